The molecule has 0 saturated carbocycles. The molecular formula is C13H17Cl2NO. The van der Waals surface area contributed by atoms with Crippen molar-refractivity contribution in [1.29, 1.82) is 0 Å². The molecule has 0 spiro atoms. The van der Waals surface area contributed by atoms with Gasteiger partial charge in [0.1, 0.15) is 5.60 Å². The van der Waals surface area contributed by atoms with E-state index in [1.807, 2.05) is 18.2 Å². The lowest BCUT2D eigenvalue weighted by Gasteiger charge is -2.44. The van der Waals surface area contributed by atoms with Crippen LogP contribution in [0, 0.1) is 0 Å². The Balaban J connectivity index is 2.34. The summed E-state index contributed by atoms with van der Waals surface area (Å²) < 4.78 is 6.18. The third-order valence-corrected chi connectivity index (χ3v) is 3.78. The third kappa shape index (κ3) is 2.76. The topological polar surface area (TPSA) is 21.3 Å². The van der Waals surface area contributed by atoms with Crippen LogP contribution >= 0.6 is 23.2 Å². The molecule has 1 aliphatic rings. The summed E-state index contributed by atoms with van der Waals surface area (Å²) in [7, 11) is 0. The van der Waals surface area contributed by atoms with E-state index in [1.54, 1.807) is 0 Å². The van der Waals surface area contributed by atoms with Gasteiger partial charge < -0.3 is 10.1 Å². The second kappa shape index (κ2) is 4.43. The Morgan fingerprint density at radius 1 is 1.12 bits per heavy atom. The van der Waals surface area contributed by atoms with Crippen LogP contribution in [0.3, 0.4) is 0 Å². The molecule has 1 N–H and O–H groups in total. The van der Waals surface area contributed by atoms with Gasteiger partial charge in [0, 0.05) is 13.1 Å². The molecule has 0 aliphatic carbocycles. The number of ether oxygens (including phenoxy) is 1. The van der Waals surface area contributed by atoms with Crippen LogP contribution in [0.15, 0.2) is 18.2 Å². The Labute approximate surface area is 112 Å². The Bertz CT molecular complexity index is 433. The first-order chi connectivity index (χ1) is 7.82. The molecule has 2 nitrogen and oxygen atoms in total. The minimum atomic E-state index is -0.365. The standard InChI is InChI=1S/C13H17Cl2NO/c1-12(2)7-16-8-13(3,17-12)9-4-5-10(14)11(15)6-9/h4-6,16H,7-8H2,1-3H3. The molecule has 94 valence electrons. The van der Waals surface area contributed by atoms with Crippen molar-refractivity contribution in [1.82, 2.24) is 5.32 Å². The molecule has 17 heavy (non-hydrogen) atoms. The van der Waals surface area contributed by atoms with Crippen molar-refractivity contribution >= 4 is 23.2 Å². The smallest absolute Gasteiger partial charge is 0.103 e. The predicted molar refractivity (Wildman–Crippen MR) is 71.8 cm³/mol. The molecule has 0 amide bonds. The van der Waals surface area contributed by atoms with Crippen molar-refractivity contribution in [2.75, 3.05) is 13.1 Å². The van der Waals surface area contributed by atoms with E-state index < -0.39 is 0 Å². The quantitative estimate of drug-likeness (QED) is 0.844. The Kier molecular flexibility index (Phi) is 3.43. The van der Waals surface area contributed by atoms with Crippen molar-refractivity contribution in [3.8, 4) is 0 Å². The van der Waals surface area contributed by atoms with Crippen LogP contribution in [0.4, 0.5) is 0 Å². The molecule has 1 saturated heterocycles. The highest BCUT2D eigenvalue weighted by Gasteiger charge is 2.38. The lowest BCUT2D eigenvalue weighted by molar-refractivity contribution is -0.157. The van der Waals surface area contributed by atoms with Crippen molar-refractivity contribution in [2.24, 2.45) is 0 Å². The summed E-state index contributed by atoms with van der Waals surface area (Å²) in [6.45, 7) is 7.85. The third-order valence-electron chi connectivity index (χ3n) is 3.04. The highest BCUT2D eigenvalue weighted by molar-refractivity contribution is 6.42. The molecule has 1 aromatic carbocycles. The number of morpholine rings is 1. The summed E-state index contributed by atoms with van der Waals surface area (Å²) in [5.41, 5.74) is 0.502. The van der Waals surface area contributed by atoms with Crippen molar-refractivity contribution in [3.63, 3.8) is 0 Å². The van der Waals surface area contributed by atoms with Crippen LogP contribution in [0.25, 0.3) is 0 Å². The summed E-state index contributed by atoms with van der Waals surface area (Å²) in [5, 5.41) is 4.54. The van der Waals surface area contributed by atoms with Gasteiger partial charge in [-0.1, -0.05) is 29.3 Å². The van der Waals surface area contributed by atoms with Gasteiger partial charge in [0.05, 0.1) is 15.6 Å². The molecule has 1 aliphatic heterocycles. The molecule has 1 atom stereocenters. The van der Waals surface area contributed by atoms with E-state index in [0.29, 0.717) is 10.0 Å². The van der Waals surface area contributed by atoms with E-state index in [4.69, 9.17) is 27.9 Å². The maximum atomic E-state index is 6.18. The zero-order valence-electron chi connectivity index (χ0n) is 10.3. The molecule has 0 radical (unpaired) electrons. The molecule has 0 aromatic heterocycles. The van der Waals surface area contributed by atoms with Gasteiger partial charge in [-0.05, 0) is 38.5 Å². The van der Waals surface area contributed by atoms with Gasteiger partial charge in [-0.25, -0.2) is 0 Å². The molecule has 1 aromatic rings. The first-order valence-corrected chi connectivity index (χ1v) is 6.44. The first kappa shape index (κ1) is 13.2. The molecule has 1 fully saturated rings. The minimum Gasteiger partial charge on any atom is -0.362 e. The lowest BCUT2D eigenvalue weighted by Crippen LogP contribution is -2.55. The van der Waals surface area contributed by atoms with Gasteiger partial charge in [0.25, 0.3) is 0 Å². The number of hydrogen-bond acceptors (Lipinski definition) is 2. The zero-order chi connectivity index (χ0) is 12.7. The molecular weight excluding hydrogens is 257 g/mol. The first-order valence-electron chi connectivity index (χ1n) is 5.69. The highest BCUT2D eigenvalue weighted by Crippen LogP contribution is 2.35. The molecule has 2 rings (SSSR count). The van der Waals surface area contributed by atoms with E-state index in [2.05, 4.69) is 26.1 Å². The van der Waals surface area contributed by atoms with Gasteiger partial charge in [0.15, 0.2) is 0 Å². The van der Waals surface area contributed by atoms with Gasteiger partial charge in [-0.15, -0.1) is 0 Å². The van der Waals surface area contributed by atoms with Crippen molar-refractivity contribution < 1.29 is 4.74 Å². The Hall–Kier alpha value is -0.280. The SMILES string of the molecule is CC1(C)CNCC(C)(c2ccc(Cl)c(Cl)c2)O1. The average Bonchev–Trinajstić information content (AvgIpc) is 2.20. The van der Waals surface area contributed by atoms with E-state index in [0.717, 1.165) is 18.7 Å². The second-order valence-corrected chi connectivity index (χ2v) is 6.14. The van der Waals surface area contributed by atoms with Crippen LogP contribution in [0.2, 0.25) is 10.0 Å². The normalized spacial score (nSPS) is 28.1. The number of benzene rings is 1. The summed E-state index contributed by atoms with van der Waals surface area (Å²) in [6.07, 6.45) is 0. The van der Waals surface area contributed by atoms with Crippen LogP contribution in [-0.2, 0) is 10.3 Å². The van der Waals surface area contributed by atoms with Gasteiger partial charge in [-0.3, -0.25) is 0 Å². The Morgan fingerprint density at radius 2 is 1.82 bits per heavy atom. The lowest BCUT2D eigenvalue weighted by atomic mass is 9.91. The zero-order valence-corrected chi connectivity index (χ0v) is 11.8. The number of rotatable bonds is 1. The van der Waals surface area contributed by atoms with Gasteiger partial charge in [0.2, 0.25) is 0 Å². The fraction of sp³-hybridized carbons (Fsp3) is 0.538. The summed E-state index contributed by atoms with van der Waals surface area (Å²) in [4.78, 5) is 0. The maximum absolute atomic E-state index is 6.18. The summed E-state index contributed by atoms with van der Waals surface area (Å²) >= 11 is 12.0. The molecule has 4 heteroatoms. The fourth-order valence-corrected chi connectivity index (χ4v) is 2.57. The van der Waals surface area contributed by atoms with Crippen molar-refractivity contribution in [3.05, 3.63) is 33.8 Å². The van der Waals surface area contributed by atoms with Crippen LogP contribution in [-0.4, -0.2) is 18.7 Å². The van der Waals surface area contributed by atoms with Crippen LogP contribution < -0.4 is 5.32 Å². The van der Waals surface area contributed by atoms with Crippen LogP contribution in [0.1, 0.15) is 26.3 Å². The maximum Gasteiger partial charge on any atom is 0.103 e. The molecule has 1 unspecified atom stereocenters. The fourth-order valence-electron chi connectivity index (χ4n) is 2.27. The number of hydrogen-bond donors (Lipinski definition) is 1. The number of nitrogens with one attached hydrogen (secondary N) is 1. The summed E-state index contributed by atoms with van der Waals surface area (Å²) in [6, 6.07) is 5.67. The Morgan fingerprint density at radius 3 is 2.41 bits per heavy atom. The van der Waals surface area contributed by atoms with Crippen molar-refractivity contribution in [2.45, 2.75) is 32.0 Å². The average molecular weight is 274 g/mol. The molecule has 0 bridgehead atoms. The predicted octanol–water partition coefficient (Wildman–Crippen LogP) is 3.61. The monoisotopic (exact) mass is 273 g/mol. The summed E-state index contributed by atoms with van der Waals surface area (Å²) in [5.74, 6) is 0. The van der Waals surface area contributed by atoms with E-state index in [-0.39, 0.29) is 11.2 Å². The van der Waals surface area contributed by atoms with E-state index in [9.17, 15) is 0 Å². The van der Waals surface area contributed by atoms with E-state index in [1.165, 1.54) is 0 Å². The second-order valence-electron chi connectivity index (χ2n) is 5.33. The minimum absolute atomic E-state index is 0.181. The van der Waals surface area contributed by atoms with Gasteiger partial charge >= 0.3 is 0 Å². The van der Waals surface area contributed by atoms with Crippen LogP contribution in [0.5, 0.6) is 0 Å². The largest absolute Gasteiger partial charge is 0.362 e. The van der Waals surface area contributed by atoms with E-state index >= 15 is 0 Å². The van der Waals surface area contributed by atoms with Gasteiger partial charge in [-0.2, -0.15) is 0 Å². The molecule has 1 heterocycles. The highest BCUT2D eigenvalue weighted by atomic mass is 35.5. The number of halogens is 2.